The number of hydrogen-bond acceptors (Lipinski definition) is 3. The van der Waals surface area contributed by atoms with Gasteiger partial charge in [-0.15, -0.1) is 0 Å². The fourth-order valence-electron chi connectivity index (χ4n) is 7.99. The molecule has 0 rings (SSSR count). The minimum atomic E-state index is -0.389. The number of nitrogens with one attached hydrogen (secondary N) is 2. The summed E-state index contributed by atoms with van der Waals surface area (Å²) in [5.41, 5.74) is 0. The summed E-state index contributed by atoms with van der Waals surface area (Å²) in [7, 11) is 8.70. The Bertz CT molecular complexity index is 768. The lowest BCUT2D eigenvalue weighted by molar-refractivity contribution is -0.914. The van der Waals surface area contributed by atoms with Crippen LogP contribution in [0.15, 0.2) is 0 Å². The van der Waals surface area contributed by atoms with Gasteiger partial charge in [-0.3, -0.25) is 9.59 Å². The Kier molecular flexibility index (Phi) is 36.6. The van der Waals surface area contributed by atoms with Gasteiger partial charge in [0.05, 0.1) is 41.3 Å². The van der Waals surface area contributed by atoms with Crippen LogP contribution in [0.1, 0.15) is 219 Å². The molecule has 0 aromatic rings. The molecule has 3 N–H and O–H groups in total. The molecule has 0 atom stereocenters. The van der Waals surface area contributed by atoms with Gasteiger partial charge >= 0.3 is 0 Å². The van der Waals surface area contributed by atoms with Crippen molar-refractivity contribution in [1.82, 2.24) is 10.6 Å². The van der Waals surface area contributed by atoms with E-state index in [0.717, 1.165) is 60.6 Å². The van der Waals surface area contributed by atoms with E-state index in [9.17, 15) is 14.7 Å². The number of aliphatic hydroxyl groups is 1. The predicted octanol–water partition coefficient (Wildman–Crippen LogP) is 11.3. The summed E-state index contributed by atoms with van der Waals surface area (Å²) in [6.07, 6.45) is 40.0. The highest BCUT2D eigenvalue weighted by Crippen LogP contribution is 2.15. The van der Waals surface area contributed by atoms with Crippen molar-refractivity contribution in [2.24, 2.45) is 0 Å². The molecule has 0 aliphatic rings. The van der Waals surface area contributed by atoms with Crippen LogP contribution in [0.25, 0.3) is 0 Å². The largest absolute Gasteiger partial charge is 0.382 e. The zero-order chi connectivity index (χ0) is 40.0. The second-order valence-electron chi connectivity index (χ2n) is 18.4. The van der Waals surface area contributed by atoms with E-state index < -0.39 is 0 Å². The highest BCUT2D eigenvalue weighted by molar-refractivity contribution is 5.76. The van der Waals surface area contributed by atoms with Gasteiger partial charge in [-0.2, -0.15) is 0 Å². The van der Waals surface area contributed by atoms with Gasteiger partial charge in [0.2, 0.25) is 11.8 Å². The lowest BCUT2D eigenvalue weighted by Crippen LogP contribution is -2.53. The molecule has 0 fully saturated rings. The van der Waals surface area contributed by atoms with E-state index in [1.807, 2.05) is 0 Å². The molecule has 2 amide bonds. The number of amides is 2. The smallest absolute Gasteiger partial charge is 0.219 e. The number of carbonyl (C=O) groups is 2. The van der Waals surface area contributed by atoms with Crippen molar-refractivity contribution in [3.8, 4) is 0 Å². The Morgan fingerprint density at radius 3 is 0.907 bits per heavy atom. The van der Waals surface area contributed by atoms with Gasteiger partial charge in [-0.25, -0.2) is 0 Å². The molecule has 0 aliphatic carbocycles. The van der Waals surface area contributed by atoms with Crippen molar-refractivity contribution in [2.75, 3.05) is 67.5 Å². The summed E-state index contributed by atoms with van der Waals surface area (Å²) >= 11 is 0. The van der Waals surface area contributed by atoms with E-state index in [1.165, 1.54) is 154 Å². The van der Waals surface area contributed by atoms with E-state index in [0.29, 0.717) is 39.0 Å². The molecule has 0 spiro atoms. The molecular formula is C47H98N4O3+2. The van der Waals surface area contributed by atoms with E-state index >= 15 is 0 Å². The average molecular weight is 767 g/mol. The maximum atomic E-state index is 12.3. The van der Waals surface area contributed by atoms with E-state index in [2.05, 4.69) is 52.7 Å². The normalized spacial score (nSPS) is 12.1. The van der Waals surface area contributed by atoms with Crippen LogP contribution in [0.5, 0.6) is 0 Å². The molecular weight excluding hydrogens is 669 g/mol. The molecule has 0 aromatic heterocycles. The van der Waals surface area contributed by atoms with Crippen molar-refractivity contribution in [3.63, 3.8) is 0 Å². The topological polar surface area (TPSA) is 78.4 Å². The van der Waals surface area contributed by atoms with Crippen molar-refractivity contribution >= 4 is 11.8 Å². The molecule has 54 heavy (non-hydrogen) atoms. The number of hydrogen-bond donors (Lipinski definition) is 3. The lowest BCUT2D eigenvalue weighted by atomic mass is 10.0. The summed E-state index contributed by atoms with van der Waals surface area (Å²) < 4.78 is 1.48. The van der Waals surface area contributed by atoms with Crippen LogP contribution in [0.4, 0.5) is 0 Å². The molecule has 7 nitrogen and oxygen atoms in total. The fraction of sp³-hybridized carbons (Fsp3) is 0.957. The lowest BCUT2D eigenvalue weighted by Gasteiger charge is -2.36. The third kappa shape index (κ3) is 39.1. The Hall–Kier alpha value is -1.18. The number of aliphatic hydroxyl groups excluding tert-OH is 1. The van der Waals surface area contributed by atoms with Crippen LogP contribution < -0.4 is 10.6 Å². The Morgan fingerprint density at radius 2 is 0.648 bits per heavy atom. The molecule has 0 unspecified atom stereocenters. The minimum absolute atomic E-state index is 0.185. The SMILES string of the molecule is CCCCCCCCCCCCCCCCC(=O)NCCC[N+](C)(C)CC(O)C[N+](C)(C)CCCNC(=O)CCCCCCCCCCCCCCCC. The second-order valence-corrected chi connectivity index (χ2v) is 18.4. The van der Waals surface area contributed by atoms with Crippen LogP contribution in [0, 0.1) is 0 Å². The zero-order valence-corrected chi connectivity index (χ0v) is 37.6. The monoisotopic (exact) mass is 767 g/mol. The predicted molar refractivity (Wildman–Crippen MR) is 235 cm³/mol. The molecule has 0 bridgehead atoms. The van der Waals surface area contributed by atoms with Crippen molar-refractivity contribution < 1.29 is 23.7 Å². The molecule has 0 heterocycles. The van der Waals surface area contributed by atoms with Gasteiger partial charge < -0.3 is 24.7 Å². The van der Waals surface area contributed by atoms with Gasteiger partial charge in [0.25, 0.3) is 0 Å². The van der Waals surface area contributed by atoms with Gasteiger partial charge in [0.1, 0.15) is 13.1 Å². The summed E-state index contributed by atoms with van der Waals surface area (Å²) in [6.45, 7) is 9.23. The quantitative estimate of drug-likeness (QED) is 0.0428. The molecule has 0 radical (unpaired) electrons. The van der Waals surface area contributed by atoms with Gasteiger partial charge in [-0.1, -0.05) is 181 Å². The first-order valence-corrected chi connectivity index (χ1v) is 23.9. The third-order valence-corrected chi connectivity index (χ3v) is 11.4. The van der Waals surface area contributed by atoms with E-state index in [1.54, 1.807) is 0 Å². The average Bonchev–Trinajstić information content (AvgIpc) is 3.11. The van der Waals surface area contributed by atoms with Crippen molar-refractivity contribution in [3.05, 3.63) is 0 Å². The highest BCUT2D eigenvalue weighted by atomic mass is 16.3. The molecule has 0 saturated carbocycles. The number of carbonyl (C=O) groups excluding carboxylic acids is 2. The number of quaternary nitrogens is 2. The first-order chi connectivity index (χ1) is 26.0. The summed E-state index contributed by atoms with van der Waals surface area (Å²) in [4.78, 5) is 24.7. The van der Waals surface area contributed by atoms with E-state index in [-0.39, 0.29) is 17.9 Å². The van der Waals surface area contributed by atoms with Gasteiger partial charge in [-0.05, 0) is 12.8 Å². The van der Waals surface area contributed by atoms with Crippen LogP contribution in [0.3, 0.4) is 0 Å². The number of unbranched alkanes of at least 4 members (excludes halogenated alkanes) is 26. The Labute approximate surface area is 338 Å². The molecule has 0 aromatic carbocycles. The maximum absolute atomic E-state index is 12.3. The molecule has 322 valence electrons. The zero-order valence-electron chi connectivity index (χ0n) is 37.6. The van der Waals surface area contributed by atoms with Crippen LogP contribution in [-0.4, -0.2) is 99.5 Å². The summed E-state index contributed by atoms with van der Waals surface area (Å²) in [5.74, 6) is 0.369. The number of nitrogens with zero attached hydrogens (tertiary/aromatic N) is 2. The van der Waals surface area contributed by atoms with Gasteiger partial charge in [0, 0.05) is 38.8 Å². The van der Waals surface area contributed by atoms with Crippen molar-refractivity contribution in [1.29, 1.82) is 0 Å². The molecule has 0 saturated heterocycles. The van der Waals surface area contributed by atoms with Crippen molar-refractivity contribution in [2.45, 2.75) is 225 Å². The summed E-state index contributed by atoms with van der Waals surface area (Å²) in [5, 5.41) is 17.2. The van der Waals surface area contributed by atoms with Crippen LogP contribution in [0.2, 0.25) is 0 Å². The maximum Gasteiger partial charge on any atom is 0.219 e. The number of rotatable bonds is 42. The molecule has 7 heteroatoms. The third-order valence-electron chi connectivity index (χ3n) is 11.4. The minimum Gasteiger partial charge on any atom is -0.382 e. The van der Waals surface area contributed by atoms with Gasteiger partial charge in [0.15, 0.2) is 6.10 Å². The first-order valence-electron chi connectivity index (χ1n) is 23.9. The fourth-order valence-corrected chi connectivity index (χ4v) is 7.99. The van der Waals surface area contributed by atoms with Crippen LogP contribution in [-0.2, 0) is 9.59 Å². The summed E-state index contributed by atoms with van der Waals surface area (Å²) in [6, 6.07) is 0. The number of likely N-dealkylation sites (N-methyl/N-ethyl adjacent to an activating group) is 2. The Morgan fingerprint density at radius 1 is 0.407 bits per heavy atom. The first kappa shape index (κ1) is 52.8. The second kappa shape index (κ2) is 37.4. The Balaban J connectivity index is 3.75. The van der Waals surface area contributed by atoms with Crippen LogP contribution >= 0.6 is 0 Å². The van der Waals surface area contributed by atoms with E-state index in [4.69, 9.17) is 0 Å². The highest BCUT2D eigenvalue weighted by Gasteiger charge is 2.27. The standard InChI is InChI=1S/C47H96N4O3/c1-7-9-11-13-15-17-19-21-23-25-27-29-31-33-37-46(53)48-39-35-41-50(3,4)43-45(52)44-51(5,6)42-36-40-49-47(54)38-34-32-30-28-26-24-22-20-18-16-14-12-10-8-2/h45,52H,7-44H2,1-6H3/p+2. The molecule has 0 aliphatic heterocycles.